The molecule has 0 fully saturated rings. The molecule has 0 bridgehead atoms. The van der Waals surface area contributed by atoms with Crippen molar-refractivity contribution in [1.29, 1.82) is 0 Å². The maximum Gasteiger partial charge on any atom is 0.0537 e. The van der Waals surface area contributed by atoms with Crippen LogP contribution in [0.2, 0.25) is 0 Å². The summed E-state index contributed by atoms with van der Waals surface area (Å²) in [5, 5.41) is 0. The van der Waals surface area contributed by atoms with Crippen LogP contribution < -0.4 is 5.73 Å². The fraction of sp³-hybridized carbons (Fsp3) is 0.357. The van der Waals surface area contributed by atoms with E-state index in [4.69, 9.17) is 10.7 Å². The molecule has 2 N–H and O–H groups in total. The summed E-state index contributed by atoms with van der Waals surface area (Å²) in [6.07, 6.45) is 14.0. The summed E-state index contributed by atoms with van der Waals surface area (Å²) < 4.78 is 0. The number of anilines is 1. The first kappa shape index (κ1) is 9.64. The number of aryl methyl sites for hydroxylation is 1. The minimum atomic E-state index is 0.903. The normalized spacial score (nSPS) is 17.8. The molecular weight excluding hydrogens is 196 g/mol. The van der Waals surface area contributed by atoms with Gasteiger partial charge >= 0.3 is 0 Å². The average Bonchev–Trinajstić information content (AvgIpc) is 2.55. The summed E-state index contributed by atoms with van der Waals surface area (Å²) in [6.45, 7) is 0. The standard InChI is InChI=1S/C14H16N2/c15-14-10-6-2-1-3-8-12(10)16-13-9-5-4-7-11(13)14/h1-3,6H,4-5,7-9H2,(H2,15,16). The molecule has 16 heavy (non-hydrogen) atoms. The van der Waals surface area contributed by atoms with E-state index < -0.39 is 0 Å². The summed E-state index contributed by atoms with van der Waals surface area (Å²) in [5.41, 5.74) is 12.1. The Morgan fingerprint density at radius 3 is 2.88 bits per heavy atom. The summed E-state index contributed by atoms with van der Waals surface area (Å²) in [6, 6.07) is 0. The van der Waals surface area contributed by atoms with E-state index in [9.17, 15) is 0 Å². The van der Waals surface area contributed by atoms with Crippen molar-refractivity contribution in [1.82, 2.24) is 4.98 Å². The van der Waals surface area contributed by atoms with E-state index in [0.717, 1.165) is 36.2 Å². The largest absolute Gasteiger partial charge is 0.398 e. The van der Waals surface area contributed by atoms with E-state index in [1.807, 2.05) is 0 Å². The van der Waals surface area contributed by atoms with Gasteiger partial charge in [-0.25, -0.2) is 0 Å². The molecule has 0 saturated heterocycles. The van der Waals surface area contributed by atoms with Gasteiger partial charge in [0.15, 0.2) is 0 Å². The minimum absolute atomic E-state index is 0.903. The van der Waals surface area contributed by atoms with E-state index in [2.05, 4.69) is 24.3 Å². The average molecular weight is 212 g/mol. The van der Waals surface area contributed by atoms with Gasteiger partial charge in [0.05, 0.1) is 5.69 Å². The van der Waals surface area contributed by atoms with Crippen LogP contribution in [0.15, 0.2) is 18.2 Å². The molecule has 2 heteroatoms. The van der Waals surface area contributed by atoms with Gasteiger partial charge in [0, 0.05) is 23.4 Å². The van der Waals surface area contributed by atoms with Crippen LogP contribution in [0.25, 0.3) is 6.08 Å². The molecule has 0 aliphatic heterocycles. The van der Waals surface area contributed by atoms with Crippen molar-refractivity contribution in [3.05, 3.63) is 40.7 Å². The molecule has 0 aromatic carbocycles. The topological polar surface area (TPSA) is 38.9 Å². The monoisotopic (exact) mass is 212 g/mol. The molecule has 0 atom stereocenters. The van der Waals surface area contributed by atoms with E-state index in [-0.39, 0.29) is 0 Å². The zero-order valence-corrected chi connectivity index (χ0v) is 9.37. The van der Waals surface area contributed by atoms with Gasteiger partial charge in [-0.15, -0.1) is 0 Å². The van der Waals surface area contributed by atoms with Crippen LogP contribution in [0, 0.1) is 0 Å². The molecule has 0 saturated carbocycles. The first-order chi connectivity index (χ1) is 7.86. The summed E-state index contributed by atoms with van der Waals surface area (Å²) in [4.78, 5) is 4.79. The number of nitrogens with two attached hydrogens (primary N) is 1. The van der Waals surface area contributed by atoms with Gasteiger partial charge in [0.1, 0.15) is 0 Å². The number of hydrogen-bond acceptors (Lipinski definition) is 2. The number of nitrogens with zero attached hydrogens (tertiary/aromatic N) is 1. The van der Waals surface area contributed by atoms with Crippen LogP contribution >= 0.6 is 0 Å². The van der Waals surface area contributed by atoms with Crippen LogP contribution in [0.3, 0.4) is 0 Å². The van der Waals surface area contributed by atoms with Crippen LogP contribution in [-0.2, 0) is 19.3 Å². The van der Waals surface area contributed by atoms with E-state index >= 15 is 0 Å². The molecule has 3 rings (SSSR count). The molecule has 0 spiro atoms. The number of nitrogen functional groups attached to an aromatic ring is 1. The predicted molar refractivity (Wildman–Crippen MR) is 67.2 cm³/mol. The second-order valence-electron chi connectivity index (χ2n) is 4.51. The van der Waals surface area contributed by atoms with E-state index in [1.165, 1.54) is 24.1 Å². The number of rotatable bonds is 0. The van der Waals surface area contributed by atoms with Crippen molar-refractivity contribution < 1.29 is 0 Å². The quantitative estimate of drug-likeness (QED) is 0.718. The van der Waals surface area contributed by atoms with Crippen LogP contribution in [0.1, 0.15) is 35.4 Å². The lowest BCUT2D eigenvalue weighted by atomic mass is 9.91. The van der Waals surface area contributed by atoms with Gasteiger partial charge in [0.2, 0.25) is 0 Å². The van der Waals surface area contributed by atoms with Crippen LogP contribution in [-0.4, -0.2) is 4.98 Å². The summed E-state index contributed by atoms with van der Waals surface area (Å²) in [5.74, 6) is 0. The third-order valence-electron chi connectivity index (χ3n) is 3.46. The highest BCUT2D eigenvalue weighted by Crippen LogP contribution is 2.31. The Morgan fingerprint density at radius 1 is 1.06 bits per heavy atom. The fourth-order valence-electron chi connectivity index (χ4n) is 2.60. The second kappa shape index (κ2) is 3.78. The zero-order valence-electron chi connectivity index (χ0n) is 9.37. The lowest BCUT2D eigenvalue weighted by Crippen LogP contribution is -2.12. The molecule has 1 aromatic heterocycles. The van der Waals surface area contributed by atoms with Crippen molar-refractivity contribution in [2.45, 2.75) is 32.1 Å². The Bertz CT molecular complexity index is 484. The first-order valence-corrected chi connectivity index (χ1v) is 5.99. The van der Waals surface area contributed by atoms with Crippen LogP contribution in [0.4, 0.5) is 5.69 Å². The van der Waals surface area contributed by atoms with Crippen molar-refractivity contribution >= 4 is 11.8 Å². The first-order valence-electron chi connectivity index (χ1n) is 5.99. The fourth-order valence-corrected chi connectivity index (χ4v) is 2.60. The highest BCUT2D eigenvalue weighted by atomic mass is 14.8. The van der Waals surface area contributed by atoms with Crippen molar-refractivity contribution in [3.8, 4) is 0 Å². The third-order valence-corrected chi connectivity index (χ3v) is 3.46. The highest BCUT2D eigenvalue weighted by molar-refractivity contribution is 5.72. The SMILES string of the molecule is Nc1c2c(nc3c1CCCC3)CC=CC=C2. The number of fused-ring (bicyclic) bond motifs is 2. The molecule has 1 aromatic rings. The van der Waals surface area contributed by atoms with Crippen molar-refractivity contribution in [3.63, 3.8) is 0 Å². The number of allylic oxidation sites excluding steroid dienone is 3. The molecule has 0 radical (unpaired) electrons. The summed E-state index contributed by atoms with van der Waals surface area (Å²) >= 11 is 0. The maximum atomic E-state index is 6.28. The van der Waals surface area contributed by atoms with Gasteiger partial charge in [-0.2, -0.15) is 0 Å². The predicted octanol–water partition coefficient (Wildman–Crippen LogP) is 2.67. The van der Waals surface area contributed by atoms with E-state index in [0.29, 0.717) is 0 Å². The zero-order chi connectivity index (χ0) is 11.0. The molecule has 2 nitrogen and oxygen atoms in total. The lowest BCUT2D eigenvalue weighted by molar-refractivity contribution is 0.666. The van der Waals surface area contributed by atoms with Crippen LogP contribution in [0.5, 0.6) is 0 Å². The third kappa shape index (κ3) is 1.45. The molecule has 1 heterocycles. The molecule has 2 aliphatic carbocycles. The Kier molecular flexibility index (Phi) is 2.28. The second-order valence-corrected chi connectivity index (χ2v) is 4.51. The Morgan fingerprint density at radius 2 is 1.94 bits per heavy atom. The molecular formula is C14H16N2. The number of pyridine rings is 1. The Hall–Kier alpha value is -1.57. The Balaban J connectivity index is 2.21. The van der Waals surface area contributed by atoms with Gasteiger partial charge < -0.3 is 5.73 Å². The molecule has 82 valence electrons. The van der Waals surface area contributed by atoms with E-state index in [1.54, 1.807) is 0 Å². The van der Waals surface area contributed by atoms with Gasteiger partial charge in [-0.1, -0.05) is 24.3 Å². The maximum absolute atomic E-state index is 6.28. The molecule has 0 amide bonds. The van der Waals surface area contributed by atoms with Gasteiger partial charge in [-0.05, 0) is 31.2 Å². The van der Waals surface area contributed by atoms with Crippen molar-refractivity contribution in [2.75, 3.05) is 5.73 Å². The lowest BCUT2D eigenvalue weighted by Gasteiger charge is -2.20. The Labute approximate surface area is 95.9 Å². The highest BCUT2D eigenvalue weighted by Gasteiger charge is 2.18. The smallest absolute Gasteiger partial charge is 0.0537 e. The van der Waals surface area contributed by atoms with Crippen molar-refractivity contribution in [2.24, 2.45) is 0 Å². The number of hydrogen-bond donors (Lipinski definition) is 1. The molecule has 0 unspecified atom stereocenters. The molecule has 2 aliphatic rings. The minimum Gasteiger partial charge on any atom is -0.398 e. The summed E-state index contributed by atoms with van der Waals surface area (Å²) in [7, 11) is 0. The number of aromatic nitrogens is 1. The van der Waals surface area contributed by atoms with Gasteiger partial charge in [-0.3, -0.25) is 4.98 Å². The van der Waals surface area contributed by atoms with Gasteiger partial charge in [0.25, 0.3) is 0 Å².